The molecule has 6 nitrogen and oxygen atoms in total. The lowest BCUT2D eigenvalue weighted by atomic mass is 9.96. The van der Waals surface area contributed by atoms with E-state index in [9.17, 15) is 9.36 Å². The minimum absolute atomic E-state index is 0.0327. The SMILES string of the molecule is CCCCC(C(=O)O)C(CCN)P(=O)(O)O. The smallest absolute Gasteiger partial charge is 0.329 e. The number of unbranched alkanes of at least 4 members (excludes halogenated alkanes) is 1. The van der Waals surface area contributed by atoms with E-state index in [2.05, 4.69) is 0 Å². The van der Waals surface area contributed by atoms with E-state index >= 15 is 0 Å². The zero-order valence-corrected chi connectivity index (χ0v) is 10.3. The zero-order chi connectivity index (χ0) is 12.8. The summed E-state index contributed by atoms with van der Waals surface area (Å²) in [5, 5.41) is 8.98. The van der Waals surface area contributed by atoms with Gasteiger partial charge in [-0.1, -0.05) is 19.8 Å². The van der Waals surface area contributed by atoms with Crippen molar-refractivity contribution in [1.29, 1.82) is 0 Å². The van der Waals surface area contributed by atoms with Crippen LogP contribution in [-0.2, 0) is 9.36 Å². The Bertz CT molecular complexity index is 265. The molecule has 5 N–H and O–H groups in total. The van der Waals surface area contributed by atoms with Gasteiger partial charge in [-0.25, -0.2) is 0 Å². The maximum Gasteiger partial charge on any atom is 0.329 e. The quantitative estimate of drug-likeness (QED) is 0.474. The van der Waals surface area contributed by atoms with Gasteiger partial charge in [-0.15, -0.1) is 0 Å². The van der Waals surface area contributed by atoms with Gasteiger partial charge >= 0.3 is 13.6 Å². The predicted molar refractivity (Wildman–Crippen MR) is 60.2 cm³/mol. The van der Waals surface area contributed by atoms with E-state index in [1.54, 1.807) is 0 Å². The molecule has 0 spiro atoms. The zero-order valence-electron chi connectivity index (χ0n) is 9.37. The number of carbonyl (C=O) groups is 1. The van der Waals surface area contributed by atoms with E-state index in [0.29, 0.717) is 6.42 Å². The Morgan fingerprint density at radius 2 is 1.94 bits per heavy atom. The summed E-state index contributed by atoms with van der Waals surface area (Å²) in [6.07, 6.45) is 1.74. The van der Waals surface area contributed by atoms with Crippen LogP contribution in [0.2, 0.25) is 0 Å². The molecule has 0 aliphatic rings. The molecule has 96 valence electrons. The third-order valence-corrected chi connectivity index (χ3v) is 4.03. The second kappa shape index (κ2) is 7.01. The molecule has 0 heterocycles. The number of aliphatic carboxylic acids is 1. The highest BCUT2D eigenvalue weighted by molar-refractivity contribution is 7.52. The van der Waals surface area contributed by atoms with Crippen molar-refractivity contribution in [3.63, 3.8) is 0 Å². The lowest BCUT2D eigenvalue weighted by Gasteiger charge is -2.24. The molecule has 7 heteroatoms. The average molecular weight is 253 g/mol. The highest BCUT2D eigenvalue weighted by atomic mass is 31.2. The molecule has 0 aliphatic carbocycles. The second-order valence-electron chi connectivity index (χ2n) is 3.82. The summed E-state index contributed by atoms with van der Waals surface area (Å²) in [6, 6.07) is 0. The van der Waals surface area contributed by atoms with Crippen LogP contribution in [0.4, 0.5) is 0 Å². The minimum atomic E-state index is -4.40. The molecule has 2 unspecified atom stereocenters. The predicted octanol–water partition coefficient (Wildman–Crippen LogP) is 0.772. The van der Waals surface area contributed by atoms with Gasteiger partial charge < -0.3 is 20.6 Å². The van der Waals surface area contributed by atoms with Crippen LogP contribution in [0, 0.1) is 5.92 Å². The molecule has 0 saturated carbocycles. The van der Waals surface area contributed by atoms with Crippen LogP contribution in [0.25, 0.3) is 0 Å². The van der Waals surface area contributed by atoms with Gasteiger partial charge in [-0.2, -0.15) is 0 Å². The minimum Gasteiger partial charge on any atom is -0.481 e. The lowest BCUT2D eigenvalue weighted by Crippen LogP contribution is -2.30. The molecule has 0 bridgehead atoms. The van der Waals surface area contributed by atoms with Crippen LogP contribution in [0.15, 0.2) is 0 Å². The summed E-state index contributed by atoms with van der Waals surface area (Å²) in [4.78, 5) is 29.2. The molecular formula is C9H20NO5P. The van der Waals surface area contributed by atoms with Gasteiger partial charge in [0.25, 0.3) is 0 Å². The third kappa shape index (κ3) is 5.07. The standard InChI is InChI=1S/C9H20NO5P/c1-2-3-4-7(9(11)12)8(5-6-10)16(13,14)15/h7-8H,2-6,10H2,1H3,(H,11,12)(H2,13,14,15). The third-order valence-electron chi connectivity index (χ3n) is 2.54. The van der Waals surface area contributed by atoms with Crippen molar-refractivity contribution in [3.8, 4) is 0 Å². The van der Waals surface area contributed by atoms with Gasteiger partial charge in [0.2, 0.25) is 0 Å². The van der Waals surface area contributed by atoms with Crippen LogP contribution in [0.3, 0.4) is 0 Å². The van der Waals surface area contributed by atoms with Crippen molar-refractivity contribution in [2.45, 2.75) is 38.3 Å². The summed E-state index contributed by atoms with van der Waals surface area (Å²) < 4.78 is 11.2. The van der Waals surface area contributed by atoms with Crippen LogP contribution in [0.1, 0.15) is 32.6 Å². The van der Waals surface area contributed by atoms with Crippen LogP contribution >= 0.6 is 7.60 Å². The Balaban J connectivity index is 4.80. The molecule has 0 rings (SSSR count). The molecule has 0 radical (unpaired) electrons. The van der Waals surface area contributed by atoms with E-state index < -0.39 is 25.1 Å². The summed E-state index contributed by atoms with van der Waals surface area (Å²) >= 11 is 0. The van der Waals surface area contributed by atoms with Gasteiger partial charge in [0.1, 0.15) is 0 Å². The summed E-state index contributed by atoms with van der Waals surface area (Å²) in [6.45, 7) is 1.97. The second-order valence-corrected chi connectivity index (χ2v) is 5.66. The molecule has 0 aromatic rings. The van der Waals surface area contributed by atoms with Crippen molar-refractivity contribution in [1.82, 2.24) is 0 Å². The number of hydrogen-bond acceptors (Lipinski definition) is 3. The van der Waals surface area contributed by atoms with Crippen LogP contribution in [0.5, 0.6) is 0 Å². The maximum absolute atomic E-state index is 11.2. The molecule has 0 saturated heterocycles. The number of rotatable bonds is 8. The Hall–Kier alpha value is -0.420. The molecule has 0 aliphatic heterocycles. The Morgan fingerprint density at radius 3 is 2.25 bits per heavy atom. The number of nitrogens with two attached hydrogens (primary N) is 1. The fraction of sp³-hybridized carbons (Fsp3) is 0.889. The van der Waals surface area contributed by atoms with Crippen molar-refractivity contribution < 1.29 is 24.3 Å². The summed E-state index contributed by atoms with van der Waals surface area (Å²) in [5.74, 6) is -2.17. The van der Waals surface area contributed by atoms with E-state index in [0.717, 1.165) is 6.42 Å². The Kier molecular flexibility index (Phi) is 6.83. The van der Waals surface area contributed by atoms with Gasteiger partial charge in [0.05, 0.1) is 11.6 Å². The number of carboxylic acid groups (broad SMARTS) is 1. The first-order valence-corrected chi connectivity index (χ1v) is 7.00. The normalized spacial score (nSPS) is 15.8. The van der Waals surface area contributed by atoms with Gasteiger partial charge in [0, 0.05) is 0 Å². The molecule has 0 amide bonds. The molecule has 0 aromatic heterocycles. The first-order valence-electron chi connectivity index (χ1n) is 5.32. The summed E-state index contributed by atoms with van der Waals surface area (Å²) in [7, 11) is -4.40. The summed E-state index contributed by atoms with van der Waals surface area (Å²) in [5.41, 5.74) is 4.09. The highest BCUT2D eigenvalue weighted by Gasteiger charge is 2.39. The van der Waals surface area contributed by atoms with Crippen LogP contribution < -0.4 is 5.73 Å². The largest absolute Gasteiger partial charge is 0.481 e. The Labute approximate surface area is 95.0 Å². The van der Waals surface area contributed by atoms with Crippen molar-refractivity contribution >= 4 is 13.6 Å². The first kappa shape index (κ1) is 15.6. The highest BCUT2D eigenvalue weighted by Crippen LogP contribution is 2.47. The Morgan fingerprint density at radius 1 is 1.38 bits per heavy atom. The number of carboxylic acids is 1. The van der Waals surface area contributed by atoms with E-state index in [4.69, 9.17) is 20.6 Å². The van der Waals surface area contributed by atoms with Gasteiger partial charge in [0.15, 0.2) is 0 Å². The van der Waals surface area contributed by atoms with Crippen LogP contribution in [-0.4, -0.2) is 33.1 Å². The molecule has 2 atom stereocenters. The van der Waals surface area contributed by atoms with E-state index in [1.165, 1.54) is 0 Å². The number of hydrogen-bond donors (Lipinski definition) is 4. The van der Waals surface area contributed by atoms with Gasteiger partial charge in [-0.05, 0) is 19.4 Å². The van der Waals surface area contributed by atoms with Crippen molar-refractivity contribution in [2.75, 3.05) is 6.54 Å². The monoisotopic (exact) mass is 253 g/mol. The van der Waals surface area contributed by atoms with Gasteiger partial charge in [-0.3, -0.25) is 9.36 Å². The van der Waals surface area contributed by atoms with Crippen molar-refractivity contribution in [2.24, 2.45) is 11.7 Å². The molecule has 0 fully saturated rings. The molecular weight excluding hydrogens is 233 g/mol. The lowest BCUT2D eigenvalue weighted by molar-refractivity contribution is -0.142. The topological polar surface area (TPSA) is 121 Å². The average Bonchev–Trinajstić information content (AvgIpc) is 2.14. The fourth-order valence-corrected chi connectivity index (χ4v) is 2.91. The van der Waals surface area contributed by atoms with E-state index in [1.807, 2.05) is 6.92 Å². The first-order chi connectivity index (χ1) is 7.34. The maximum atomic E-state index is 11.2. The van der Waals surface area contributed by atoms with E-state index in [-0.39, 0.29) is 19.4 Å². The molecule has 0 aromatic carbocycles. The molecule has 16 heavy (non-hydrogen) atoms. The van der Waals surface area contributed by atoms with Crippen molar-refractivity contribution in [3.05, 3.63) is 0 Å². The fourth-order valence-electron chi connectivity index (χ4n) is 1.68.